The lowest BCUT2D eigenvalue weighted by Crippen LogP contribution is -2.32. The Labute approximate surface area is 194 Å². The van der Waals surface area contributed by atoms with E-state index in [-0.39, 0.29) is 30.1 Å². The number of amides is 2. The fourth-order valence-corrected chi connectivity index (χ4v) is 3.45. The second-order valence-corrected chi connectivity index (χ2v) is 8.29. The average molecular weight is 471 g/mol. The van der Waals surface area contributed by atoms with Crippen LogP contribution >= 0.6 is 0 Å². The number of nitrogens with one attached hydrogen (secondary N) is 2. The summed E-state index contributed by atoms with van der Waals surface area (Å²) in [5, 5.41) is 5.58. The lowest BCUT2D eigenvalue weighted by atomic mass is 10.1. The molecule has 4 rings (SSSR count). The Balaban J connectivity index is 1.39. The Bertz CT molecular complexity index is 1110. The van der Waals surface area contributed by atoms with Crippen molar-refractivity contribution in [2.75, 3.05) is 11.9 Å². The standard InChI is InChI=1S/C25H24F3N3O3/c26-25(27,28)19-7-9-20(10-8-19)29-23(32)16-31(15-22-2-1-13-34-22)14-17-3-5-18(6-4-17)24(33)30-21-11-12-21/h1-10,13,21H,11-12,14-16H2,(H,29,32)(H,30,33). The van der Waals surface area contributed by atoms with Crippen LogP contribution in [0.1, 0.15) is 40.1 Å². The summed E-state index contributed by atoms with van der Waals surface area (Å²) in [4.78, 5) is 26.6. The van der Waals surface area contributed by atoms with Crippen molar-refractivity contribution < 1.29 is 27.2 Å². The van der Waals surface area contributed by atoms with Crippen molar-refractivity contribution in [3.63, 3.8) is 0 Å². The van der Waals surface area contributed by atoms with Crippen LogP contribution in [0.3, 0.4) is 0 Å². The molecule has 3 aromatic rings. The zero-order valence-electron chi connectivity index (χ0n) is 18.3. The molecule has 0 radical (unpaired) electrons. The molecule has 2 aromatic carbocycles. The van der Waals surface area contributed by atoms with Gasteiger partial charge in [0.1, 0.15) is 5.76 Å². The molecule has 2 N–H and O–H groups in total. The molecule has 1 fully saturated rings. The topological polar surface area (TPSA) is 74.6 Å². The third kappa shape index (κ3) is 6.71. The van der Waals surface area contributed by atoms with Gasteiger partial charge < -0.3 is 15.1 Å². The number of alkyl halides is 3. The van der Waals surface area contributed by atoms with Crippen molar-refractivity contribution in [1.82, 2.24) is 10.2 Å². The summed E-state index contributed by atoms with van der Waals surface area (Å²) in [6, 6.07) is 15.3. The smallest absolute Gasteiger partial charge is 0.416 e. The summed E-state index contributed by atoms with van der Waals surface area (Å²) >= 11 is 0. The first-order valence-corrected chi connectivity index (χ1v) is 10.9. The van der Waals surface area contributed by atoms with Gasteiger partial charge in [0.25, 0.3) is 5.91 Å². The largest absolute Gasteiger partial charge is 0.468 e. The van der Waals surface area contributed by atoms with Crippen molar-refractivity contribution in [1.29, 1.82) is 0 Å². The zero-order chi connectivity index (χ0) is 24.1. The van der Waals surface area contributed by atoms with E-state index in [1.165, 1.54) is 12.1 Å². The van der Waals surface area contributed by atoms with Gasteiger partial charge in [0.15, 0.2) is 0 Å². The molecule has 1 aromatic heterocycles. The number of nitrogens with zero attached hydrogens (tertiary/aromatic N) is 1. The highest BCUT2D eigenvalue weighted by Crippen LogP contribution is 2.29. The number of hydrogen-bond acceptors (Lipinski definition) is 4. The highest BCUT2D eigenvalue weighted by atomic mass is 19.4. The lowest BCUT2D eigenvalue weighted by molar-refractivity contribution is -0.137. The molecule has 2 amide bonds. The van der Waals surface area contributed by atoms with Crippen LogP contribution in [-0.4, -0.2) is 29.3 Å². The first-order chi connectivity index (χ1) is 16.3. The second kappa shape index (κ2) is 10.1. The van der Waals surface area contributed by atoms with Crippen LogP contribution in [-0.2, 0) is 24.1 Å². The molecule has 178 valence electrons. The highest BCUT2D eigenvalue weighted by molar-refractivity contribution is 5.94. The van der Waals surface area contributed by atoms with Crippen LogP contribution in [0, 0.1) is 0 Å². The fourth-order valence-electron chi connectivity index (χ4n) is 3.45. The number of halogens is 3. The first-order valence-electron chi connectivity index (χ1n) is 10.9. The summed E-state index contributed by atoms with van der Waals surface area (Å²) in [5.74, 6) is 0.201. The molecule has 0 bridgehead atoms. The number of carbonyl (C=O) groups excluding carboxylic acids is 2. The molecule has 0 saturated heterocycles. The number of benzene rings is 2. The van der Waals surface area contributed by atoms with Crippen molar-refractivity contribution in [3.05, 3.63) is 89.4 Å². The third-order valence-electron chi connectivity index (χ3n) is 5.36. The van der Waals surface area contributed by atoms with Gasteiger partial charge in [-0.05, 0) is 66.9 Å². The summed E-state index contributed by atoms with van der Waals surface area (Å²) < 4.78 is 43.6. The molecule has 0 spiro atoms. The third-order valence-corrected chi connectivity index (χ3v) is 5.36. The summed E-state index contributed by atoms with van der Waals surface area (Å²) in [6.07, 6.45) is -0.861. The number of carbonyl (C=O) groups is 2. The molecule has 1 saturated carbocycles. The van der Waals surface area contributed by atoms with E-state index >= 15 is 0 Å². The van der Waals surface area contributed by atoms with Gasteiger partial charge in [-0.25, -0.2) is 0 Å². The molecular weight excluding hydrogens is 447 g/mol. The minimum atomic E-state index is -4.43. The van der Waals surface area contributed by atoms with E-state index in [1.54, 1.807) is 30.5 Å². The average Bonchev–Trinajstić information content (AvgIpc) is 3.45. The molecule has 6 nitrogen and oxygen atoms in total. The van der Waals surface area contributed by atoms with Crippen LogP contribution in [0.15, 0.2) is 71.3 Å². The van der Waals surface area contributed by atoms with Gasteiger partial charge in [-0.2, -0.15) is 13.2 Å². The number of hydrogen-bond donors (Lipinski definition) is 2. The van der Waals surface area contributed by atoms with Gasteiger partial charge in [0.2, 0.25) is 5.91 Å². The van der Waals surface area contributed by atoms with Crippen molar-refractivity contribution in [2.45, 2.75) is 38.1 Å². The molecular formula is C25H24F3N3O3. The van der Waals surface area contributed by atoms with E-state index in [0.717, 1.165) is 30.5 Å². The predicted molar refractivity (Wildman–Crippen MR) is 120 cm³/mol. The molecule has 34 heavy (non-hydrogen) atoms. The van der Waals surface area contributed by atoms with Gasteiger partial charge in [0, 0.05) is 23.8 Å². The van der Waals surface area contributed by atoms with Crippen LogP contribution in [0.4, 0.5) is 18.9 Å². The van der Waals surface area contributed by atoms with Crippen molar-refractivity contribution in [2.24, 2.45) is 0 Å². The van der Waals surface area contributed by atoms with E-state index in [9.17, 15) is 22.8 Å². The Hall–Kier alpha value is -3.59. The molecule has 1 aliphatic rings. The van der Waals surface area contributed by atoms with Gasteiger partial charge in [-0.1, -0.05) is 12.1 Å². The lowest BCUT2D eigenvalue weighted by Gasteiger charge is -2.21. The zero-order valence-corrected chi connectivity index (χ0v) is 18.3. The van der Waals surface area contributed by atoms with Crippen LogP contribution in [0.5, 0.6) is 0 Å². The summed E-state index contributed by atoms with van der Waals surface area (Å²) in [7, 11) is 0. The maximum Gasteiger partial charge on any atom is 0.416 e. The van der Waals surface area contributed by atoms with E-state index in [0.29, 0.717) is 24.4 Å². The van der Waals surface area contributed by atoms with Crippen molar-refractivity contribution >= 4 is 17.5 Å². The van der Waals surface area contributed by atoms with Gasteiger partial charge in [-0.3, -0.25) is 14.5 Å². The maximum atomic E-state index is 12.7. The predicted octanol–water partition coefficient (Wildman–Crippen LogP) is 4.83. The van der Waals surface area contributed by atoms with E-state index in [4.69, 9.17) is 4.42 Å². The minimum absolute atomic E-state index is 0.00829. The van der Waals surface area contributed by atoms with Crippen LogP contribution in [0.2, 0.25) is 0 Å². The van der Waals surface area contributed by atoms with E-state index in [1.807, 2.05) is 17.0 Å². The van der Waals surface area contributed by atoms with Gasteiger partial charge in [0.05, 0.1) is 24.9 Å². The Kier molecular flexibility index (Phi) is 7.02. The van der Waals surface area contributed by atoms with Crippen molar-refractivity contribution in [3.8, 4) is 0 Å². The van der Waals surface area contributed by atoms with Gasteiger partial charge >= 0.3 is 6.18 Å². The molecule has 0 aliphatic heterocycles. The summed E-state index contributed by atoms with van der Waals surface area (Å²) in [5.41, 5.74) is 0.978. The fraction of sp³-hybridized carbons (Fsp3) is 0.280. The van der Waals surface area contributed by atoms with Gasteiger partial charge in [-0.15, -0.1) is 0 Å². The second-order valence-electron chi connectivity index (χ2n) is 8.29. The molecule has 0 atom stereocenters. The maximum absolute atomic E-state index is 12.7. The summed E-state index contributed by atoms with van der Waals surface area (Å²) in [6.45, 7) is 0.759. The Morgan fingerprint density at radius 3 is 2.26 bits per heavy atom. The minimum Gasteiger partial charge on any atom is -0.468 e. The number of anilines is 1. The SMILES string of the molecule is O=C(CN(Cc1ccc(C(=O)NC2CC2)cc1)Cc1ccco1)Nc1ccc(C(F)(F)F)cc1. The Morgan fingerprint density at radius 1 is 0.971 bits per heavy atom. The van der Waals surface area contributed by atoms with Crippen LogP contribution in [0.25, 0.3) is 0 Å². The number of furan rings is 1. The molecule has 9 heteroatoms. The van der Waals surface area contributed by atoms with E-state index < -0.39 is 11.7 Å². The molecule has 0 unspecified atom stereocenters. The Morgan fingerprint density at radius 2 is 1.68 bits per heavy atom. The normalized spacial score (nSPS) is 13.6. The molecule has 1 aliphatic carbocycles. The quantitative estimate of drug-likeness (QED) is 0.469. The van der Waals surface area contributed by atoms with Crippen LogP contribution < -0.4 is 10.6 Å². The highest BCUT2D eigenvalue weighted by Gasteiger charge is 2.30. The first kappa shape index (κ1) is 23.6. The monoisotopic (exact) mass is 471 g/mol. The van der Waals surface area contributed by atoms with E-state index in [2.05, 4.69) is 10.6 Å². The number of rotatable bonds is 9. The molecule has 1 heterocycles.